The topological polar surface area (TPSA) is 35.5 Å². The summed E-state index contributed by atoms with van der Waals surface area (Å²) >= 11 is 0. The van der Waals surface area contributed by atoms with Gasteiger partial charge >= 0.3 is 5.97 Å². The highest BCUT2D eigenvalue weighted by atomic mass is 16.5. The molecule has 0 spiro atoms. The molecule has 0 aliphatic heterocycles. The minimum absolute atomic E-state index is 0.102. The first-order valence-electron chi connectivity index (χ1n) is 11.9. The van der Waals surface area contributed by atoms with Crippen molar-refractivity contribution in [3.8, 4) is 0 Å². The minimum atomic E-state index is -0.376. The lowest BCUT2D eigenvalue weighted by atomic mass is 9.60. The van der Waals surface area contributed by atoms with Gasteiger partial charge in [-0.2, -0.15) is 0 Å². The van der Waals surface area contributed by atoms with Crippen LogP contribution in [-0.2, 0) is 14.3 Å². The molecule has 5 saturated carbocycles. The van der Waals surface area contributed by atoms with Crippen molar-refractivity contribution in [3.63, 3.8) is 0 Å². The van der Waals surface area contributed by atoms with Crippen molar-refractivity contribution in [2.24, 2.45) is 46.8 Å². The molecule has 0 saturated heterocycles. The van der Waals surface area contributed by atoms with Crippen LogP contribution < -0.4 is 0 Å². The third kappa shape index (κ3) is 2.86. The first kappa shape index (κ1) is 19.0. The largest absolute Gasteiger partial charge is 0.502 e. The van der Waals surface area contributed by atoms with Crippen LogP contribution in [0.3, 0.4) is 0 Å². The summed E-state index contributed by atoms with van der Waals surface area (Å²) < 4.78 is 11.8. The van der Waals surface area contributed by atoms with E-state index in [-0.39, 0.29) is 17.5 Å². The van der Waals surface area contributed by atoms with Gasteiger partial charge in [-0.25, -0.2) is 0 Å². The summed E-state index contributed by atoms with van der Waals surface area (Å²) in [6, 6.07) is 0. The highest BCUT2D eigenvalue weighted by molar-refractivity contribution is 5.79. The van der Waals surface area contributed by atoms with Gasteiger partial charge in [-0.15, -0.1) is 0 Å². The summed E-state index contributed by atoms with van der Waals surface area (Å²) in [5.41, 5.74) is -0.376. The lowest BCUT2D eigenvalue weighted by molar-refractivity contribution is -0.171. The molecule has 0 aromatic rings. The molecule has 3 nitrogen and oxygen atoms in total. The van der Waals surface area contributed by atoms with Gasteiger partial charge in [0.2, 0.25) is 0 Å². The number of hydrogen-bond acceptors (Lipinski definition) is 3. The summed E-state index contributed by atoms with van der Waals surface area (Å²) in [4.78, 5) is 13.8. The minimum Gasteiger partial charge on any atom is -0.502 e. The lowest BCUT2D eigenvalue weighted by Gasteiger charge is -2.45. The summed E-state index contributed by atoms with van der Waals surface area (Å²) in [7, 11) is 1.70. The van der Waals surface area contributed by atoms with Crippen molar-refractivity contribution in [1.29, 1.82) is 0 Å². The Labute approximate surface area is 170 Å². The molecule has 5 rings (SSSR count). The van der Waals surface area contributed by atoms with E-state index in [9.17, 15) is 4.79 Å². The van der Waals surface area contributed by atoms with E-state index in [2.05, 4.69) is 13.5 Å². The number of ether oxygens (including phenoxy) is 2. The Morgan fingerprint density at radius 1 is 1.04 bits per heavy atom. The van der Waals surface area contributed by atoms with Crippen molar-refractivity contribution in [1.82, 2.24) is 0 Å². The van der Waals surface area contributed by atoms with Crippen LogP contribution in [0.15, 0.2) is 12.3 Å². The Morgan fingerprint density at radius 2 is 1.82 bits per heavy atom. The fourth-order valence-electron chi connectivity index (χ4n) is 8.48. The molecule has 3 heteroatoms. The second-order valence-electron chi connectivity index (χ2n) is 11.0. The fourth-order valence-corrected chi connectivity index (χ4v) is 8.48. The normalized spacial score (nSPS) is 47.0. The molecule has 0 N–H and O–H groups in total. The molecule has 5 aliphatic carbocycles. The van der Waals surface area contributed by atoms with E-state index in [1.807, 2.05) is 0 Å². The maximum atomic E-state index is 13.8. The third-order valence-electron chi connectivity index (χ3n) is 9.79. The van der Waals surface area contributed by atoms with Crippen molar-refractivity contribution in [2.45, 2.75) is 83.7 Å². The lowest BCUT2D eigenvalue weighted by Crippen LogP contribution is -2.47. The van der Waals surface area contributed by atoms with Gasteiger partial charge in [0.15, 0.2) is 0 Å². The molecular weight excluding hydrogens is 348 g/mol. The van der Waals surface area contributed by atoms with Crippen LogP contribution in [0.5, 0.6) is 0 Å². The second-order valence-corrected chi connectivity index (χ2v) is 11.0. The van der Waals surface area contributed by atoms with E-state index in [1.165, 1.54) is 51.4 Å². The van der Waals surface area contributed by atoms with E-state index >= 15 is 0 Å². The number of carbonyl (C=O) groups is 1. The quantitative estimate of drug-likeness (QED) is 0.431. The first-order chi connectivity index (χ1) is 13.5. The van der Waals surface area contributed by atoms with Crippen LogP contribution in [0, 0.1) is 46.8 Å². The number of hydrogen-bond donors (Lipinski definition) is 0. The molecule has 0 heterocycles. The van der Waals surface area contributed by atoms with E-state index < -0.39 is 0 Å². The van der Waals surface area contributed by atoms with E-state index in [4.69, 9.17) is 9.47 Å². The molecule has 8 unspecified atom stereocenters. The molecule has 5 fully saturated rings. The van der Waals surface area contributed by atoms with Gasteiger partial charge in [0.1, 0.15) is 6.10 Å². The molecule has 4 bridgehead atoms. The van der Waals surface area contributed by atoms with Crippen LogP contribution in [-0.4, -0.2) is 19.2 Å². The number of esters is 1. The predicted octanol–water partition coefficient (Wildman–Crippen LogP) is 5.74. The zero-order valence-corrected chi connectivity index (χ0v) is 17.8. The van der Waals surface area contributed by atoms with Gasteiger partial charge in [0, 0.05) is 6.42 Å². The van der Waals surface area contributed by atoms with Gasteiger partial charge in [-0.3, -0.25) is 4.79 Å². The number of allylic oxidation sites excluding steroid dienone is 1. The molecule has 5 aliphatic rings. The zero-order chi connectivity index (χ0) is 19.5. The predicted molar refractivity (Wildman–Crippen MR) is 109 cm³/mol. The number of methoxy groups -OCH3 is 1. The SMILES string of the molecule is C=C(CC1(C(=O)OC2CC3CCC2C3)CC2CC1C(C1CCCC1)C2C)OC. The molecular formula is C25H38O3. The molecule has 28 heavy (non-hydrogen) atoms. The maximum absolute atomic E-state index is 13.8. The van der Waals surface area contributed by atoms with Crippen molar-refractivity contribution in [3.05, 3.63) is 12.3 Å². The Morgan fingerprint density at radius 3 is 2.43 bits per heavy atom. The van der Waals surface area contributed by atoms with E-state index in [0.717, 1.165) is 36.4 Å². The molecule has 0 amide bonds. The Balaban J connectivity index is 1.40. The number of carbonyl (C=O) groups excluding carboxylic acids is 1. The van der Waals surface area contributed by atoms with Crippen molar-refractivity contribution < 1.29 is 14.3 Å². The van der Waals surface area contributed by atoms with Crippen LogP contribution >= 0.6 is 0 Å². The third-order valence-corrected chi connectivity index (χ3v) is 9.79. The highest BCUT2D eigenvalue weighted by Crippen LogP contribution is 2.66. The highest BCUT2D eigenvalue weighted by Gasteiger charge is 2.64. The Hall–Kier alpha value is -0.990. The number of fused-ring (bicyclic) bond motifs is 4. The summed E-state index contributed by atoms with van der Waals surface area (Å²) in [5, 5.41) is 0. The van der Waals surface area contributed by atoms with E-state index in [1.54, 1.807) is 7.11 Å². The summed E-state index contributed by atoms with van der Waals surface area (Å²) in [6.07, 6.45) is 13.5. The maximum Gasteiger partial charge on any atom is 0.313 e. The summed E-state index contributed by atoms with van der Waals surface area (Å²) in [6.45, 7) is 6.59. The first-order valence-corrected chi connectivity index (χ1v) is 11.9. The van der Waals surface area contributed by atoms with E-state index in [0.29, 0.717) is 30.1 Å². The van der Waals surface area contributed by atoms with Crippen LogP contribution in [0.25, 0.3) is 0 Å². The average molecular weight is 387 g/mol. The average Bonchev–Trinajstić information content (AvgIpc) is 3.48. The van der Waals surface area contributed by atoms with Gasteiger partial charge in [0.05, 0.1) is 18.3 Å². The van der Waals surface area contributed by atoms with Crippen LogP contribution in [0.1, 0.15) is 77.6 Å². The zero-order valence-electron chi connectivity index (χ0n) is 17.8. The van der Waals surface area contributed by atoms with Gasteiger partial charge in [-0.1, -0.05) is 39.2 Å². The molecule has 0 radical (unpaired) electrons. The smallest absolute Gasteiger partial charge is 0.313 e. The number of rotatable bonds is 6. The Kier molecular flexibility index (Phi) is 4.79. The van der Waals surface area contributed by atoms with Crippen LogP contribution in [0.2, 0.25) is 0 Å². The van der Waals surface area contributed by atoms with Gasteiger partial charge in [-0.05, 0) is 80.0 Å². The van der Waals surface area contributed by atoms with Crippen molar-refractivity contribution in [2.75, 3.05) is 7.11 Å². The van der Waals surface area contributed by atoms with Gasteiger partial charge in [0.25, 0.3) is 0 Å². The summed E-state index contributed by atoms with van der Waals surface area (Å²) in [5.74, 6) is 5.70. The van der Waals surface area contributed by atoms with Gasteiger partial charge < -0.3 is 9.47 Å². The molecule has 0 aromatic carbocycles. The second kappa shape index (κ2) is 7.06. The molecule has 8 atom stereocenters. The monoisotopic (exact) mass is 386 g/mol. The molecule has 156 valence electrons. The molecule has 0 aromatic heterocycles. The standard InChI is InChI=1S/C25H38O3/c1-15(27-3)13-25(24(26)28-22-11-17-8-9-19(22)10-17)14-20-12-21(25)23(16(20)2)18-6-4-5-7-18/h16-23H,1,4-14H2,2-3H3. The fraction of sp³-hybridized carbons (Fsp3) is 0.880. The Bertz CT molecular complexity index is 636. The van der Waals surface area contributed by atoms with Crippen molar-refractivity contribution >= 4 is 5.97 Å². The van der Waals surface area contributed by atoms with Crippen LogP contribution in [0.4, 0.5) is 0 Å².